The van der Waals surface area contributed by atoms with E-state index in [2.05, 4.69) is 21.6 Å². The van der Waals surface area contributed by atoms with Gasteiger partial charge in [0.25, 0.3) is 0 Å². The molecule has 0 aromatic carbocycles. The highest BCUT2D eigenvalue weighted by molar-refractivity contribution is 6.36. The number of methoxy groups -OCH3 is 1. The fourth-order valence-corrected chi connectivity index (χ4v) is 1.46. The Morgan fingerprint density at radius 2 is 2.17 bits per heavy atom. The second-order valence-corrected chi connectivity index (χ2v) is 3.60. The summed E-state index contributed by atoms with van der Waals surface area (Å²) in [5.41, 5.74) is -0.822. The van der Waals surface area contributed by atoms with Gasteiger partial charge in [0.2, 0.25) is 5.91 Å². The number of rotatable bonds is 3. The van der Waals surface area contributed by atoms with Gasteiger partial charge in [0, 0.05) is 6.92 Å². The van der Waals surface area contributed by atoms with Gasteiger partial charge in [-0.2, -0.15) is 0 Å². The Morgan fingerprint density at radius 1 is 1.56 bits per heavy atom. The number of carbonyl (C=O) groups excluding carboxylic acids is 2. The van der Waals surface area contributed by atoms with Gasteiger partial charge in [-0.25, -0.2) is 14.2 Å². The number of anilines is 1. The standard InChI is InChI=1S/C11H10ClFN2O3/c1-4-6-8(13)9(14-5(2)16)7(12)10(15-6)11(17)18-3/h4H,1H2,2-3H3,(H,14,15,16). The molecule has 1 heterocycles. The number of nitrogens with one attached hydrogen (secondary N) is 1. The number of hydrogen-bond acceptors (Lipinski definition) is 4. The minimum absolute atomic E-state index is 0.205. The van der Waals surface area contributed by atoms with Crippen molar-refractivity contribution in [2.45, 2.75) is 6.92 Å². The zero-order valence-corrected chi connectivity index (χ0v) is 10.5. The topological polar surface area (TPSA) is 68.3 Å². The van der Waals surface area contributed by atoms with Crippen molar-refractivity contribution in [3.05, 3.63) is 28.8 Å². The van der Waals surface area contributed by atoms with Crippen LogP contribution in [0.15, 0.2) is 6.58 Å². The molecule has 0 unspecified atom stereocenters. The third kappa shape index (κ3) is 2.65. The molecule has 0 bridgehead atoms. The number of amides is 1. The number of halogens is 2. The molecular weight excluding hydrogens is 263 g/mol. The van der Waals surface area contributed by atoms with E-state index in [0.29, 0.717) is 0 Å². The molecule has 0 fully saturated rings. The second-order valence-electron chi connectivity index (χ2n) is 3.23. The number of carbonyl (C=O) groups is 2. The summed E-state index contributed by atoms with van der Waals surface area (Å²) < 4.78 is 18.3. The summed E-state index contributed by atoms with van der Waals surface area (Å²) in [4.78, 5) is 26.1. The number of nitrogens with zero attached hydrogens (tertiary/aromatic N) is 1. The van der Waals surface area contributed by atoms with E-state index in [1.165, 1.54) is 6.92 Å². The van der Waals surface area contributed by atoms with E-state index < -0.39 is 17.7 Å². The van der Waals surface area contributed by atoms with E-state index in [0.717, 1.165) is 13.2 Å². The third-order valence-corrected chi connectivity index (χ3v) is 2.35. The Kier molecular flexibility index (Phi) is 4.38. The summed E-state index contributed by atoms with van der Waals surface area (Å²) in [6.07, 6.45) is 1.10. The summed E-state index contributed by atoms with van der Waals surface area (Å²) in [7, 11) is 1.13. The van der Waals surface area contributed by atoms with Gasteiger partial charge in [-0.1, -0.05) is 18.2 Å². The molecule has 0 aliphatic heterocycles. The van der Waals surface area contributed by atoms with Crippen molar-refractivity contribution in [2.24, 2.45) is 0 Å². The molecule has 0 spiro atoms. The molecule has 1 aromatic heterocycles. The molecule has 1 N–H and O–H groups in total. The molecule has 5 nitrogen and oxygen atoms in total. The van der Waals surface area contributed by atoms with Crippen molar-refractivity contribution in [2.75, 3.05) is 12.4 Å². The summed E-state index contributed by atoms with van der Waals surface area (Å²) in [6.45, 7) is 4.54. The van der Waals surface area contributed by atoms with E-state index in [-0.39, 0.29) is 22.1 Å². The van der Waals surface area contributed by atoms with E-state index >= 15 is 0 Å². The maximum absolute atomic E-state index is 13.9. The van der Waals surface area contributed by atoms with Crippen LogP contribution in [0.3, 0.4) is 0 Å². The highest BCUT2D eigenvalue weighted by atomic mass is 35.5. The first-order valence-corrected chi connectivity index (χ1v) is 5.17. The Morgan fingerprint density at radius 3 is 2.61 bits per heavy atom. The first kappa shape index (κ1) is 14.1. The van der Waals surface area contributed by atoms with Crippen LogP contribution in [0.1, 0.15) is 23.1 Å². The molecule has 96 valence electrons. The molecule has 0 radical (unpaired) electrons. The van der Waals surface area contributed by atoms with Crippen LogP contribution >= 0.6 is 11.6 Å². The van der Waals surface area contributed by atoms with Gasteiger partial charge in [-0.05, 0) is 6.08 Å². The number of ether oxygens (including phenoxy) is 1. The van der Waals surface area contributed by atoms with Gasteiger partial charge in [-0.3, -0.25) is 4.79 Å². The summed E-state index contributed by atoms with van der Waals surface area (Å²) in [6, 6.07) is 0. The number of aromatic nitrogens is 1. The predicted molar refractivity (Wildman–Crippen MR) is 64.9 cm³/mol. The Bertz CT molecular complexity index is 532. The highest BCUT2D eigenvalue weighted by Crippen LogP contribution is 2.30. The van der Waals surface area contributed by atoms with Crippen LogP contribution in [0.2, 0.25) is 5.02 Å². The van der Waals surface area contributed by atoms with Gasteiger partial charge < -0.3 is 10.1 Å². The minimum atomic E-state index is -0.863. The van der Waals surface area contributed by atoms with Crippen LogP contribution in [0.5, 0.6) is 0 Å². The van der Waals surface area contributed by atoms with Crippen LogP contribution in [-0.4, -0.2) is 24.0 Å². The van der Waals surface area contributed by atoms with Gasteiger partial charge >= 0.3 is 5.97 Å². The molecule has 0 saturated carbocycles. The maximum Gasteiger partial charge on any atom is 0.358 e. The SMILES string of the molecule is C=Cc1nc(C(=O)OC)c(Cl)c(NC(C)=O)c1F. The van der Waals surface area contributed by atoms with E-state index in [9.17, 15) is 14.0 Å². The van der Waals surface area contributed by atoms with Crippen LogP contribution < -0.4 is 5.32 Å². The smallest absolute Gasteiger partial charge is 0.358 e. The molecular formula is C11H10ClFN2O3. The lowest BCUT2D eigenvalue weighted by Gasteiger charge is -2.11. The largest absolute Gasteiger partial charge is 0.464 e. The number of esters is 1. The lowest BCUT2D eigenvalue weighted by atomic mass is 10.2. The number of pyridine rings is 1. The van der Waals surface area contributed by atoms with Crippen molar-refractivity contribution in [1.82, 2.24) is 4.98 Å². The third-order valence-electron chi connectivity index (χ3n) is 1.98. The first-order chi connectivity index (χ1) is 8.42. The Labute approximate surface area is 108 Å². The fourth-order valence-electron chi connectivity index (χ4n) is 1.21. The van der Waals surface area contributed by atoms with Crippen LogP contribution in [-0.2, 0) is 9.53 Å². The predicted octanol–water partition coefficient (Wildman–Crippen LogP) is 2.26. The average molecular weight is 273 g/mol. The molecule has 0 aliphatic rings. The molecule has 0 atom stereocenters. The fraction of sp³-hybridized carbons (Fsp3) is 0.182. The lowest BCUT2D eigenvalue weighted by molar-refractivity contribution is -0.114. The van der Waals surface area contributed by atoms with Crippen molar-refractivity contribution >= 4 is 35.2 Å². The minimum Gasteiger partial charge on any atom is -0.464 e. The molecule has 7 heteroatoms. The first-order valence-electron chi connectivity index (χ1n) is 4.79. The molecule has 18 heavy (non-hydrogen) atoms. The van der Waals surface area contributed by atoms with E-state index in [1.54, 1.807) is 0 Å². The molecule has 1 aromatic rings. The maximum atomic E-state index is 13.9. The van der Waals surface area contributed by atoms with Crippen molar-refractivity contribution in [3.8, 4) is 0 Å². The van der Waals surface area contributed by atoms with Crippen LogP contribution in [0.25, 0.3) is 6.08 Å². The number of hydrogen-bond donors (Lipinski definition) is 1. The summed E-state index contributed by atoms with van der Waals surface area (Å²) in [5.74, 6) is -2.24. The quantitative estimate of drug-likeness (QED) is 0.857. The van der Waals surface area contributed by atoms with Crippen molar-refractivity contribution in [1.29, 1.82) is 0 Å². The zero-order valence-electron chi connectivity index (χ0n) is 9.71. The van der Waals surface area contributed by atoms with Crippen molar-refractivity contribution < 1.29 is 18.7 Å². The zero-order chi connectivity index (χ0) is 13.9. The van der Waals surface area contributed by atoms with Gasteiger partial charge in [-0.15, -0.1) is 0 Å². The van der Waals surface area contributed by atoms with E-state index in [4.69, 9.17) is 11.6 Å². The average Bonchev–Trinajstić information content (AvgIpc) is 2.33. The van der Waals surface area contributed by atoms with Crippen molar-refractivity contribution in [3.63, 3.8) is 0 Å². The van der Waals surface area contributed by atoms with Gasteiger partial charge in [0.15, 0.2) is 11.5 Å². The molecule has 0 saturated heterocycles. The lowest BCUT2D eigenvalue weighted by Crippen LogP contribution is -2.14. The van der Waals surface area contributed by atoms with Gasteiger partial charge in [0.1, 0.15) is 16.4 Å². The Hall–Kier alpha value is -1.95. The summed E-state index contributed by atoms with van der Waals surface area (Å²) in [5, 5.41) is 1.87. The van der Waals surface area contributed by atoms with E-state index in [1.807, 2.05) is 0 Å². The van der Waals surface area contributed by atoms with Crippen LogP contribution in [0, 0.1) is 5.82 Å². The molecule has 1 rings (SSSR count). The van der Waals surface area contributed by atoms with Gasteiger partial charge in [0.05, 0.1) is 7.11 Å². The molecule has 0 aliphatic carbocycles. The second kappa shape index (κ2) is 5.59. The molecule has 1 amide bonds. The summed E-state index contributed by atoms with van der Waals surface area (Å²) >= 11 is 5.81. The van der Waals surface area contributed by atoms with Crippen LogP contribution in [0.4, 0.5) is 10.1 Å². The Balaban J connectivity index is 3.52. The highest BCUT2D eigenvalue weighted by Gasteiger charge is 2.22. The normalized spacial score (nSPS) is 9.78. The monoisotopic (exact) mass is 272 g/mol.